The second-order valence-corrected chi connectivity index (χ2v) is 9.19. The normalized spacial score (nSPS) is 11.2. The zero-order valence-electron chi connectivity index (χ0n) is 20.5. The molecule has 2 heterocycles. The Bertz CT molecular complexity index is 1920. The van der Waals surface area contributed by atoms with Crippen molar-refractivity contribution in [1.29, 1.82) is 0 Å². The lowest BCUT2D eigenvalue weighted by atomic mass is 9.97. The molecule has 178 valence electrons. The monoisotopic (exact) mass is 486 g/mol. The van der Waals surface area contributed by atoms with Gasteiger partial charge in [0.15, 0.2) is 17.5 Å². The fraction of sp³-hybridized carbons (Fsp3) is 0. The maximum atomic E-state index is 5.05. The van der Waals surface area contributed by atoms with Crippen molar-refractivity contribution in [2.45, 2.75) is 0 Å². The van der Waals surface area contributed by atoms with Gasteiger partial charge in [-0.2, -0.15) is 0 Å². The Morgan fingerprint density at radius 3 is 1.84 bits per heavy atom. The molecule has 4 nitrogen and oxygen atoms in total. The minimum Gasteiger partial charge on any atom is -0.264 e. The molecule has 0 unspecified atom stereocenters. The lowest BCUT2D eigenvalue weighted by Crippen LogP contribution is -2.01. The summed E-state index contributed by atoms with van der Waals surface area (Å²) in [4.78, 5) is 19.3. The van der Waals surface area contributed by atoms with Crippen LogP contribution in [0.1, 0.15) is 0 Å². The van der Waals surface area contributed by atoms with Crippen LogP contribution in [0.3, 0.4) is 0 Å². The Hall–Kier alpha value is -5.22. The topological polar surface area (TPSA) is 51.6 Å². The van der Waals surface area contributed by atoms with Crippen LogP contribution >= 0.6 is 0 Å². The molecule has 0 aliphatic carbocycles. The largest absolute Gasteiger partial charge is 0.264 e. The average Bonchev–Trinajstić information content (AvgIpc) is 3.01. The molecule has 0 aliphatic rings. The maximum Gasteiger partial charge on any atom is 0.164 e. The molecule has 0 N–H and O–H groups in total. The number of benzene rings is 5. The van der Waals surface area contributed by atoms with Gasteiger partial charge in [-0.3, -0.25) is 4.98 Å². The molecule has 0 bridgehead atoms. The van der Waals surface area contributed by atoms with Crippen molar-refractivity contribution in [1.82, 2.24) is 19.9 Å². The molecule has 0 atom stereocenters. The van der Waals surface area contributed by atoms with Crippen molar-refractivity contribution >= 4 is 21.5 Å². The summed E-state index contributed by atoms with van der Waals surface area (Å²) < 4.78 is 0. The molecule has 4 heteroatoms. The fourth-order valence-corrected chi connectivity index (χ4v) is 4.95. The van der Waals surface area contributed by atoms with Gasteiger partial charge in [0.05, 0.1) is 0 Å². The van der Waals surface area contributed by atoms with Gasteiger partial charge < -0.3 is 0 Å². The first kappa shape index (κ1) is 22.0. The van der Waals surface area contributed by atoms with E-state index in [-0.39, 0.29) is 0 Å². The number of fused-ring (bicyclic) bond motifs is 3. The lowest BCUT2D eigenvalue weighted by Gasteiger charge is -2.12. The van der Waals surface area contributed by atoms with Crippen LogP contribution in [0, 0.1) is 0 Å². The summed E-state index contributed by atoms with van der Waals surface area (Å²) in [6, 6.07) is 41.5. The van der Waals surface area contributed by atoms with E-state index in [1.165, 1.54) is 10.8 Å². The summed E-state index contributed by atoms with van der Waals surface area (Å²) >= 11 is 0. The summed E-state index contributed by atoms with van der Waals surface area (Å²) in [6.07, 6.45) is 3.65. The molecule has 5 aromatic carbocycles. The fourth-order valence-electron chi connectivity index (χ4n) is 4.95. The first-order valence-corrected chi connectivity index (χ1v) is 12.6. The quantitative estimate of drug-likeness (QED) is 0.235. The van der Waals surface area contributed by atoms with Crippen LogP contribution in [0.4, 0.5) is 0 Å². The van der Waals surface area contributed by atoms with E-state index >= 15 is 0 Å². The third-order valence-electron chi connectivity index (χ3n) is 6.79. The third-order valence-corrected chi connectivity index (χ3v) is 6.79. The van der Waals surface area contributed by atoms with Gasteiger partial charge in [-0.15, -0.1) is 0 Å². The molecule has 0 fully saturated rings. The van der Waals surface area contributed by atoms with Gasteiger partial charge in [0, 0.05) is 34.6 Å². The number of aromatic nitrogens is 4. The minimum absolute atomic E-state index is 0.636. The van der Waals surface area contributed by atoms with E-state index in [9.17, 15) is 0 Å². The summed E-state index contributed by atoms with van der Waals surface area (Å²) in [5.41, 5.74) is 4.98. The van der Waals surface area contributed by atoms with Gasteiger partial charge in [-0.1, -0.05) is 103 Å². The summed E-state index contributed by atoms with van der Waals surface area (Å²) in [7, 11) is 0. The third kappa shape index (κ3) is 3.98. The number of rotatable bonds is 4. The highest BCUT2D eigenvalue weighted by molar-refractivity contribution is 6.13. The predicted octanol–water partition coefficient (Wildman–Crippen LogP) is 8.24. The smallest absolute Gasteiger partial charge is 0.164 e. The molecule has 0 saturated heterocycles. The van der Waals surface area contributed by atoms with Crippen LogP contribution in [0.5, 0.6) is 0 Å². The highest BCUT2D eigenvalue weighted by atomic mass is 15.0. The predicted molar refractivity (Wildman–Crippen MR) is 154 cm³/mol. The van der Waals surface area contributed by atoms with Gasteiger partial charge in [0.2, 0.25) is 0 Å². The highest BCUT2D eigenvalue weighted by Crippen LogP contribution is 2.35. The van der Waals surface area contributed by atoms with Crippen molar-refractivity contribution < 1.29 is 0 Å². The van der Waals surface area contributed by atoms with Crippen molar-refractivity contribution in [3.63, 3.8) is 0 Å². The van der Waals surface area contributed by atoms with Crippen LogP contribution in [0.2, 0.25) is 0 Å². The van der Waals surface area contributed by atoms with Crippen LogP contribution in [-0.2, 0) is 0 Å². The van der Waals surface area contributed by atoms with Crippen molar-refractivity contribution in [2.75, 3.05) is 0 Å². The summed E-state index contributed by atoms with van der Waals surface area (Å²) in [6.45, 7) is 0. The maximum absolute atomic E-state index is 5.05. The van der Waals surface area contributed by atoms with E-state index in [1.54, 1.807) is 6.20 Å². The van der Waals surface area contributed by atoms with E-state index in [0.29, 0.717) is 17.5 Å². The van der Waals surface area contributed by atoms with Gasteiger partial charge in [0.25, 0.3) is 0 Å². The number of nitrogens with zero attached hydrogens (tertiary/aromatic N) is 4. The molecule has 0 radical (unpaired) electrons. The van der Waals surface area contributed by atoms with Crippen molar-refractivity contribution in [3.8, 4) is 45.3 Å². The first-order chi connectivity index (χ1) is 18.8. The van der Waals surface area contributed by atoms with Crippen molar-refractivity contribution in [3.05, 3.63) is 134 Å². The standard InChI is InChI=1S/C34H22N4/c1-2-10-23(11-3-1)32-36-33(26-14-8-13-24(20-26)27-15-9-19-35-22-27)38-34(37-32)31-21-25-12-4-5-16-28(25)29-17-6-7-18-30(29)31/h1-22H. The highest BCUT2D eigenvalue weighted by Gasteiger charge is 2.16. The molecular weight excluding hydrogens is 464 g/mol. The Labute approximate surface area is 220 Å². The van der Waals surface area contributed by atoms with Gasteiger partial charge in [-0.25, -0.2) is 15.0 Å². The Morgan fingerprint density at radius 2 is 1.03 bits per heavy atom. The van der Waals surface area contributed by atoms with Gasteiger partial charge >= 0.3 is 0 Å². The molecule has 38 heavy (non-hydrogen) atoms. The molecule has 0 aliphatic heterocycles. The Morgan fingerprint density at radius 1 is 0.395 bits per heavy atom. The lowest BCUT2D eigenvalue weighted by molar-refractivity contribution is 1.08. The molecule has 7 rings (SSSR count). The first-order valence-electron chi connectivity index (χ1n) is 12.6. The zero-order valence-corrected chi connectivity index (χ0v) is 20.5. The Kier molecular flexibility index (Phi) is 5.41. The van der Waals surface area contributed by atoms with E-state index in [0.717, 1.165) is 38.6 Å². The Balaban J connectivity index is 1.48. The van der Waals surface area contributed by atoms with Crippen LogP contribution < -0.4 is 0 Å². The summed E-state index contributed by atoms with van der Waals surface area (Å²) in [5.74, 6) is 1.94. The van der Waals surface area contributed by atoms with Gasteiger partial charge in [-0.05, 0) is 45.3 Å². The van der Waals surface area contributed by atoms with Gasteiger partial charge in [0.1, 0.15) is 0 Å². The summed E-state index contributed by atoms with van der Waals surface area (Å²) in [5, 5.41) is 4.67. The van der Waals surface area contributed by atoms with E-state index in [1.807, 2.05) is 54.7 Å². The van der Waals surface area contributed by atoms with E-state index in [4.69, 9.17) is 15.0 Å². The second-order valence-electron chi connectivity index (χ2n) is 9.19. The average molecular weight is 487 g/mol. The van der Waals surface area contributed by atoms with Crippen LogP contribution in [0.25, 0.3) is 66.8 Å². The van der Waals surface area contributed by atoms with Crippen LogP contribution in [0.15, 0.2) is 134 Å². The second kappa shape index (κ2) is 9.34. The van der Waals surface area contributed by atoms with E-state index in [2.05, 4.69) is 77.8 Å². The zero-order chi connectivity index (χ0) is 25.3. The molecule has 0 amide bonds. The SMILES string of the molecule is c1ccc(-c2nc(-c3cccc(-c4cccnc4)c3)nc(-c3cc4ccccc4c4ccccc34)n2)cc1. The molecular formula is C34H22N4. The number of hydrogen-bond donors (Lipinski definition) is 0. The minimum atomic E-state index is 0.636. The number of pyridine rings is 1. The van der Waals surface area contributed by atoms with E-state index < -0.39 is 0 Å². The molecule has 2 aromatic heterocycles. The van der Waals surface area contributed by atoms with Crippen LogP contribution in [-0.4, -0.2) is 19.9 Å². The molecule has 0 saturated carbocycles. The molecule has 7 aromatic rings. The van der Waals surface area contributed by atoms with Crippen molar-refractivity contribution in [2.24, 2.45) is 0 Å². The molecule has 0 spiro atoms. The number of hydrogen-bond acceptors (Lipinski definition) is 4.